The van der Waals surface area contributed by atoms with Crippen LogP contribution in [-0.4, -0.2) is 46.3 Å². The number of nitrogens with two attached hydrogens (primary N) is 2. The highest BCUT2D eigenvalue weighted by Crippen LogP contribution is 2.37. The monoisotopic (exact) mass is 287 g/mol. The van der Waals surface area contributed by atoms with Crippen molar-refractivity contribution in [2.24, 2.45) is 5.73 Å². The number of ether oxygens (including phenoxy) is 2. The highest BCUT2D eigenvalue weighted by atomic mass is 32.1. The smallest absolute Gasteiger partial charge is 0.343 e. The third kappa shape index (κ3) is 3.15. The van der Waals surface area contributed by atoms with Crippen molar-refractivity contribution in [2.75, 3.05) is 45.1 Å². The van der Waals surface area contributed by atoms with Gasteiger partial charge in [-0.25, -0.2) is 4.79 Å². The third-order valence-electron chi connectivity index (χ3n) is 2.52. The summed E-state index contributed by atoms with van der Waals surface area (Å²) in [7, 11) is 4.59. The third-order valence-corrected chi connectivity index (χ3v) is 3.85. The van der Waals surface area contributed by atoms with Crippen molar-refractivity contribution in [1.29, 1.82) is 0 Å². The van der Waals surface area contributed by atoms with Crippen LogP contribution >= 0.6 is 11.3 Å². The summed E-state index contributed by atoms with van der Waals surface area (Å²) in [6.07, 6.45) is 0. The molecule has 1 amide bonds. The lowest BCUT2D eigenvalue weighted by atomic mass is 10.2. The van der Waals surface area contributed by atoms with Crippen LogP contribution in [0.3, 0.4) is 0 Å². The lowest BCUT2D eigenvalue weighted by molar-refractivity contribution is 0.0603. The van der Waals surface area contributed by atoms with E-state index in [0.717, 1.165) is 11.3 Å². The number of hydrogen-bond donors (Lipinski definition) is 2. The zero-order valence-electron chi connectivity index (χ0n) is 11.1. The van der Waals surface area contributed by atoms with Crippen LogP contribution in [-0.2, 0) is 9.47 Å². The molecule has 7 nitrogen and oxygen atoms in total. The second-order valence-corrected chi connectivity index (χ2v) is 4.79. The van der Waals surface area contributed by atoms with Crippen LogP contribution in [0.15, 0.2) is 0 Å². The maximum Gasteiger partial charge on any atom is 0.343 e. The minimum Gasteiger partial charge on any atom is -0.465 e. The average molecular weight is 287 g/mol. The molecule has 0 spiro atoms. The summed E-state index contributed by atoms with van der Waals surface area (Å²) in [5, 5.41) is 0.537. The molecule has 0 aliphatic rings. The largest absolute Gasteiger partial charge is 0.465 e. The lowest BCUT2D eigenvalue weighted by Gasteiger charge is -2.17. The highest BCUT2D eigenvalue weighted by molar-refractivity contribution is 7.19. The van der Waals surface area contributed by atoms with Crippen molar-refractivity contribution < 1.29 is 19.1 Å². The molecule has 1 aromatic rings. The Morgan fingerprint density at radius 2 is 2.00 bits per heavy atom. The number of hydrogen-bond acceptors (Lipinski definition) is 7. The van der Waals surface area contributed by atoms with Gasteiger partial charge in [0.15, 0.2) is 0 Å². The molecule has 0 bridgehead atoms. The van der Waals surface area contributed by atoms with Gasteiger partial charge in [0.05, 0.1) is 19.4 Å². The number of nitrogen functional groups attached to an aromatic ring is 1. The summed E-state index contributed by atoms with van der Waals surface area (Å²) in [6.45, 7) is 1.01. The first kappa shape index (κ1) is 15.3. The minimum atomic E-state index is -0.668. The number of esters is 1. The van der Waals surface area contributed by atoms with E-state index < -0.39 is 11.9 Å². The number of rotatable bonds is 6. The second kappa shape index (κ2) is 6.39. The molecular formula is C11H17N3O4S. The van der Waals surface area contributed by atoms with Gasteiger partial charge in [0, 0.05) is 20.7 Å². The van der Waals surface area contributed by atoms with E-state index in [0.29, 0.717) is 18.2 Å². The zero-order chi connectivity index (χ0) is 14.6. The number of likely N-dealkylation sites (N-methyl/N-ethyl adjacent to an activating group) is 1. The molecule has 1 aromatic heterocycles. The molecule has 0 aliphatic heterocycles. The first-order valence-corrected chi connectivity index (χ1v) is 6.26. The number of methoxy groups -OCH3 is 2. The molecule has 19 heavy (non-hydrogen) atoms. The number of anilines is 2. The Bertz CT molecular complexity index is 487. The van der Waals surface area contributed by atoms with Crippen LogP contribution in [0.2, 0.25) is 0 Å². The van der Waals surface area contributed by atoms with Gasteiger partial charge in [0.2, 0.25) is 0 Å². The van der Waals surface area contributed by atoms with Crippen molar-refractivity contribution in [3.05, 3.63) is 10.4 Å². The van der Waals surface area contributed by atoms with E-state index in [1.807, 2.05) is 0 Å². The Morgan fingerprint density at radius 3 is 2.47 bits per heavy atom. The molecule has 8 heteroatoms. The van der Waals surface area contributed by atoms with E-state index in [9.17, 15) is 9.59 Å². The molecule has 0 saturated heterocycles. The SMILES string of the molecule is COCCN(C)c1sc(C(N)=O)c(N)c1C(=O)OC. The van der Waals surface area contributed by atoms with Crippen molar-refractivity contribution in [1.82, 2.24) is 0 Å². The summed E-state index contributed by atoms with van der Waals surface area (Å²) in [5.74, 6) is -1.26. The van der Waals surface area contributed by atoms with Crippen LogP contribution in [0.25, 0.3) is 0 Å². The molecule has 106 valence electrons. The number of carbonyl (C=O) groups excluding carboxylic acids is 2. The number of nitrogens with zero attached hydrogens (tertiary/aromatic N) is 1. The normalized spacial score (nSPS) is 10.3. The molecule has 0 atom stereocenters. The van der Waals surface area contributed by atoms with Crippen molar-refractivity contribution >= 4 is 33.9 Å². The van der Waals surface area contributed by atoms with Gasteiger partial charge in [0.1, 0.15) is 15.4 Å². The summed E-state index contributed by atoms with van der Waals surface area (Å²) >= 11 is 1.07. The van der Waals surface area contributed by atoms with Crippen molar-refractivity contribution in [3.8, 4) is 0 Å². The van der Waals surface area contributed by atoms with Crippen LogP contribution in [0, 0.1) is 0 Å². The lowest BCUT2D eigenvalue weighted by Crippen LogP contribution is -2.23. The molecule has 0 saturated carbocycles. The fraction of sp³-hybridized carbons (Fsp3) is 0.455. The van der Waals surface area contributed by atoms with Gasteiger partial charge in [-0.1, -0.05) is 0 Å². The number of primary amides is 1. The van der Waals surface area contributed by atoms with E-state index in [-0.39, 0.29) is 16.1 Å². The predicted molar refractivity (Wildman–Crippen MR) is 73.7 cm³/mol. The molecule has 4 N–H and O–H groups in total. The molecule has 0 fully saturated rings. The Hall–Kier alpha value is -1.80. The number of thiophene rings is 1. The molecule has 0 radical (unpaired) electrons. The minimum absolute atomic E-state index is 0.0589. The molecule has 0 aliphatic carbocycles. The fourth-order valence-corrected chi connectivity index (χ4v) is 2.56. The standard InChI is InChI=1S/C11H17N3O4S/c1-14(4-5-17-2)10-6(11(16)18-3)7(12)8(19-10)9(13)15/h4-5,12H2,1-3H3,(H2,13,15). The average Bonchev–Trinajstić information content (AvgIpc) is 2.73. The van der Waals surface area contributed by atoms with E-state index in [4.69, 9.17) is 16.2 Å². The number of amides is 1. The van der Waals surface area contributed by atoms with E-state index in [1.165, 1.54) is 7.11 Å². The van der Waals surface area contributed by atoms with Gasteiger partial charge < -0.3 is 25.8 Å². The quantitative estimate of drug-likeness (QED) is 0.728. The van der Waals surface area contributed by atoms with Gasteiger partial charge in [-0.3, -0.25) is 4.79 Å². The van der Waals surface area contributed by atoms with Gasteiger partial charge in [-0.05, 0) is 0 Å². The molecule has 1 rings (SSSR count). The molecular weight excluding hydrogens is 270 g/mol. The molecule has 1 heterocycles. The highest BCUT2D eigenvalue weighted by Gasteiger charge is 2.26. The van der Waals surface area contributed by atoms with E-state index >= 15 is 0 Å². The Balaban J connectivity index is 3.24. The topological polar surface area (TPSA) is 108 Å². The molecule has 0 unspecified atom stereocenters. The first-order valence-electron chi connectivity index (χ1n) is 5.44. The summed E-state index contributed by atoms with van der Waals surface area (Å²) in [6, 6.07) is 0. The van der Waals surface area contributed by atoms with Gasteiger partial charge in [-0.15, -0.1) is 11.3 Å². The van der Waals surface area contributed by atoms with Crippen molar-refractivity contribution in [3.63, 3.8) is 0 Å². The van der Waals surface area contributed by atoms with Crippen LogP contribution in [0.1, 0.15) is 20.0 Å². The maximum absolute atomic E-state index is 11.8. The summed E-state index contributed by atoms with van der Waals surface area (Å²) in [4.78, 5) is 25.0. The first-order chi connectivity index (χ1) is 8.93. The maximum atomic E-state index is 11.8. The zero-order valence-corrected chi connectivity index (χ0v) is 11.9. The van der Waals surface area contributed by atoms with Gasteiger partial charge in [0.25, 0.3) is 5.91 Å². The van der Waals surface area contributed by atoms with Crippen LogP contribution < -0.4 is 16.4 Å². The van der Waals surface area contributed by atoms with Crippen LogP contribution in [0.4, 0.5) is 10.7 Å². The molecule has 0 aromatic carbocycles. The number of carbonyl (C=O) groups is 2. The van der Waals surface area contributed by atoms with Crippen molar-refractivity contribution in [2.45, 2.75) is 0 Å². The van der Waals surface area contributed by atoms with Gasteiger partial charge >= 0.3 is 5.97 Å². The predicted octanol–water partition coefficient (Wildman–Crippen LogP) is 0.298. The Labute approximate surface area is 115 Å². The van der Waals surface area contributed by atoms with E-state index in [1.54, 1.807) is 19.1 Å². The summed E-state index contributed by atoms with van der Waals surface area (Å²) < 4.78 is 9.65. The summed E-state index contributed by atoms with van der Waals surface area (Å²) in [5.41, 5.74) is 11.3. The second-order valence-electron chi connectivity index (χ2n) is 3.80. The van der Waals surface area contributed by atoms with Gasteiger partial charge in [-0.2, -0.15) is 0 Å². The Kier molecular flexibility index (Phi) is 5.13. The Morgan fingerprint density at radius 1 is 1.37 bits per heavy atom. The fourth-order valence-electron chi connectivity index (χ4n) is 1.51. The van der Waals surface area contributed by atoms with Crippen LogP contribution in [0.5, 0.6) is 0 Å². The van der Waals surface area contributed by atoms with E-state index in [2.05, 4.69) is 4.74 Å².